The fourth-order valence-electron chi connectivity index (χ4n) is 1.51. The van der Waals surface area contributed by atoms with Crippen molar-refractivity contribution in [2.24, 2.45) is 5.73 Å². The van der Waals surface area contributed by atoms with Crippen LogP contribution in [0.25, 0.3) is 0 Å². The van der Waals surface area contributed by atoms with Gasteiger partial charge in [-0.2, -0.15) is 0 Å². The Kier molecular flexibility index (Phi) is 10.3. The summed E-state index contributed by atoms with van der Waals surface area (Å²) in [4.78, 5) is 2.29. The normalized spacial score (nSPS) is 13.4. The third kappa shape index (κ3) is 7.73. The minimum absolute atomic E-state index is 0.457. The van der Waals surface area contributed by atoms with Gasteiger partial charge in [-0.05, 0) is 33.4 Å². The van der Waals surface area contributed by atoms with E-state index in [0.717, 1.165) is 45.8 Å². The van der Waals surface area contributed by atoms with Crippen molar-refractivity contribution in [1.29, 1.82) is 0 Å². The Morgan fingerprint density at radius 2 is 2.13 bits per heavy atom. The molecule has 92 valence electrons. The van der Waals surface area contributed by atoms with Gasteiger partial charge in [-0.3, -0.25) is 4.90 Å². The second kappa shape index (κ2) is 10.4. The number of nitrogens with two attached hydrogens (primary N) is 1. The van der Waals surface area contributed by atoms with Crippen molar-refractivity contribution in [3.05, 3.63) is 0 Å². The van der Waals surface area contributed by atoms with Gasteiger partial charge >= 0.3 is 0 Å². The zero-order chi connectivity index (χ0) is 11.5. The average Bonchev–Trinajstić information content (AvgIpc) is 2.24. The van der Waals surface area contributed by atoms with Gasteiger partial charge in [0.05, 0.1) is 13.2 Å². The molecule has 0 aromatic rings. The van der Waals surface area contributed by atoms with Crippen molar-refractivity contribution in [1.82, 2.24) is 4.90 Å². The highest BCUT2D eigenvalue weighted by molar-refractivity contribution is 4.68. The predicted octanol–water partition coefficient (Wildman–Crippen LogP) is 0.709. The van der Waals surface area contributed by atoms with Crippen LogP contribution in [0.4, 0.5) is 0 Å². The van der Waals surface area contributed by atoms with E-state index in [9.17, 15) is 0 Å². The first-order valence-electron chi connectivity index (χ1n) is 5.73. The van der Waals surface area contributed by atoms with Gasteiger partial charge in [0.15, 0.2) is 0 Å². The van der Waals surface area contributed by atoms with Gasteiger partial charge in [-0.15, -0.1) is 0 Å². The fraction of sp³-hybridized carbons (Fsp3) is 1.00. The van der Waals surface area contributed by atoms with Gasteiger partial charge in [-0.25, -0.2) is 0 Å². The standard InChI is InChI=1S/C11H26N2O2/c1-4-15-9-8-13(2)11(10-14-3)6-5-7-12/h11H,4-10,12H2,1-3H3. The van der Waals surface area contributed by atoms with Crippen molar-refractivity contribution in [2.45, 2.75) is 25.8 Å². The topological polar surface area (TPSA) is 47.7 Å². The van der Waals surface area contributed by atoms with E-state index in [1.54, 1.807) is 7.11 Å². The van der Waals surface area contributed by atoms with E-state index in [-0.39, 0.29) is 0 Å². The van der Waals surface area contributed by atoms with Gasteiger partial charge in [-0.1, -0.05) is 0 Å². The molecule has 0 aromatic heterocycles. The summed E-state index contributed by atoms with van der Waals surface area (Å²) in [6, 6.07) is 0.457. The second-order valence-electron chi connectivity index (χ2n) is 3.72. The first kappa shape index (κ1) is 14.8. The Balaban J connectivity index is 3.75. The van der Waals surface area contributed by atoms with Crippen LogP contribution < -0.4 is 5.73 Å². The van der Waals surface area contributed by atoms with Gasteiger partial charge in [0.1, 0.15) is 0 Å². The molecule has 0 radical (unpaired) electrons. The lowest BCUT2D eigenvalue weighted by Crippen LogP contribution is -2.38. The lowest BCUT2D eigenvalue weighted by Gasteiger charge is -2.27. The van der Waals surface area contributed by atoms with Crippen molar-refractivity contribution < 1.29 is 9.47 Å². The Hall–Kier alpha value is -0.160. The summed E-state index contributed by atoms with van der Waals surface area (Å²) >= 11 is 0. The van der Waals surface area contributed by atoms with Crippen LogP contribution >= 0.6 is 0 Å². The van der Waals surface area contributed by atoms with E-state index >= 15 is 0 Å². The number of methoxy groups -OCH3 is 1. The SMILES string of the molecule is CCOCCN(C)C(CCCN)COC. The average molecular weight is 218 g/mol. The van der Waals surface area contributed by atoms with Crippen molar-refractivity contribution in [3.63, 3.8) is 0 Å². The number of nitrogens with zero attached hydrogens (tertiary/aromatic N) is 1. The first-order chi connectivity index (χ1) is 7.26. The van der Waals surface area contributed by atoms with Gasteiger partial charge in [0.2, 0.25) is 0 Å². The maximum absolute atomic E-state index is 5.51. The highest BCUT2D eigenvalue weighted by Gasteiger charge is 2.13. The van der Waals surface area contributed by atoms with E-state index in [2.05, 4.69) is 11.9 Å². The van der Waals surface area contributed by atoms with Crippen LogP contribution in [0.5, 0.6) is 0 Å². The molecule has 2 N–H and O–H groups in total. The zero-order valence-electron chi connectivity index (χ0n) is 10.4. The summed E-state index contributed by atoms with van der Waals surface area (Å²) in [5.74, 6) is 0. The Morgan fingerprint density at radius 3 is 2.67 bits per heavy atom. The smallest absolute Gasteiger partial charge is 0.0617 e. The number of likely N-dealkylation sites (N-methyl/N-ethyl adjacent to an activating group) is 1. The van der Waals surface area contributed by atoms with Crippen LogP contribution in [0.2, 0.25) is 0 Å². The summed E-state index contributed by atoms with van der Waals surface area (Å²) in [6.45, 7) is 6.05. The Bertz CT molecular complexity index is 134. The molecular formula is C11H26N2O2. The van der Waals surface area contributed by atoms with Gasteiger partial charge in [0, 0.05) is 26.3 Å². The van der Waals surface area contributed by atoms with Crippen LogP contribution in [0.1, 0.15) is 19.8 Å². The van der Waals surface area contributed by atoms with E-state index in [0.29, 0.717) is 6.04 Å². The first-order valence-corrected chi connectivity index (χ1v) is 5.73. The minimum Gasteiger partial charge on any atom is -0.383 e. The molecule has 0 aliphatic heterocycles. The maximum Gasteiger partial charge on any atom is 0.0617 e. The Labute approximate surface area is 93.7 Å². The van der Waals surface area contributed by atoms with Crippen LogP contribution in [-0.4, -0.2) is 58.0 Å². The van der Waals surface area contributed by atoms with Gasteiger partial charge in [0.25, 0.3) is 0 Å². The van der Waals surface area contributed by atoms with E-state index in [1.807, 2.05) is 6.92 Å². The number of hydrogen-bond donors (Lipinski definition) is 1. The van der Waals surface area contributed by atoms with Crippen molar-refractivity contribution >= 4 is 0 Å². The summed E-state index contributed by atoms with van der Waals surface area (Å²) in [5, 5.41) is 0. The Morgan fingerprint density at radius 1 is 1.40 bits per heavy atom. The highest BCUT2D eigenvalue weighted by Crippen LogP contribution is 2.05. The highest BCUT2D eigenvalue weighted by atomic mass is 16.5. The number of hydrogen-bond acceptors (Lipinski definition) is 4. The second-order valence-corrected chi connectivity index (χ2v) is 3.72. The molecular weight excluding hydrogens is 192 g/mol. The lowest BCUT2D eigenvalue weighted by molar-refractivity contribution is 0.0682. The third-order valence-electron chi connectivity index (χ3n) is 2.52. The molecule has 1 atom stereocenters. The van der Waals surface area contributed by atoms with Crippen molar-refractivity contribution in [3.8, 4) is 0 Å². The number of rotatable bonds is 10. The minimum atomic E-state index is 0.457. The summed E-state index contributed by atoms with van der Waals surface area (Å²) < 4.78 is 10.5. The molecule has 0 rings (SSSR count). The van der Waals surface area contributed by atoms with Crippen LogP contribution in [-0.2, 0) is 9.47 Å². The van der Waals surface area contributed by atoms with E-state index in [1.165, 1.54) is 0 Å². The zero-order valence-corrected chi connectivity index (χ0v) is 10.4. The summed E-state index contributed by atoms with van der Waals surface area (Å²) in [7, 11) is 3.85. The molecule has 4 nitrogen and oxygen atoms in total. The molecule has 0 aliphatic carbocycles. The van der Waals surface area contributed by atoms with Crippen LogP contribution in [0, 0.1) is 0 Å². The molecule has 0 spiro atoms. The quantitative estimate of drug-likeness (QED) is 0.549. The largest absolute Gasteiger partial charge is 0.383 e. The molecule has 0 heterocycles. The van der Waals surface area contributed by atoms with Crippen LogP contribution in [0.3, 0.4) is 0 Å². The predicted molar refractivity (Wildman–Crippen MR) is 63.1 cm³/mol. The van der Waals surface area contributed by atoms with E-state index in [4.69, 9.17) is 15.2 Å². The molecule has 0 aromatic carbocycles. The molecule has 0 bridgehead atoms. The van der Waals surface area contributed by atoms with Crippen LogP contribution in [0.15, 0.2) is 0 Å². The maximum atomic E-state index is 5.51. The van der Waals surface area contributed by atoms with Crippen molar-refractivity contribution in [2.75, 3.05) is 47.1 Å². The van der Waals surface area contributed by atoms with Gasteiger partial charge < -0.3 is 15.2 Å². The summed E-state index contributed by atoms with van der Waals surface area (Å²) in [6.07, 6.45) is 2.14. The summed E-state index contributed by atoms with van der Waals surface area (Å²) in [5.41, 5.74) is 5.51. The fourth-order valence-corrected chi connectivity index (χ4v) is 1.51. The monoisotopic (exact) mass is 218 g/mol. The molecule has 0 fully saturated rings. The molecule has 1 unspecified atom stereocenters. The molecule has 15 heavy (non-hydrogen) atoms. The molecule has 4 heteroatoms. The molecule has 0 aliphatic rings. The lowest BCUT2D eigenvalue weighted by atomic mass is 10.1. The third-order valence-corrected chi connectivity index (χ3v) is 2.52. The number of ether oxygens (including phenoxy) is 2. The molecule has 0 saturated heterocycles. The van der Waals surface area contributed by atoms with E-state index < -0.39 is 0 Å². The molecule has 0 saturated carbocycles. The molecule has 0 amide bonds.